The van der Waals surface area contributed by atoms with Gasteiger partial charge in [-0.05, 0) is 35.9 Å². The smallest absolute Gasteiger partial charge is 0.287 e. The summed E-state index contributed by atoms with van der Waals surface area (Å²) in [5.74, 6) is 0.285. The normalized spacial score (nSPS) is 11.6. The van der Waals surface area contributed by atoms with Gasteiger partial charge in [-0.1, -0.05) is 18.2 Å². The van der Waals surface area contributed by atoms with Crippen molar-refractivity contribution >= 4 is 11.6 Å². The summed E-state index contributed by atoms with van der Waals surface area (Å²) in [6.45, 7) is 0.0878. The summed E-state index contributed by atoms with van der Waals surface area (Å²) in [5.41, 5.74) is 0.961. The highest BCUT2D eigenvalue weighted by atomic mass is 16.6. The molecule has 0 spiro atoms. The molecule has 28 heavy (non-hydrogen) atoms. The molecule has 1 heterocycles. The molecule has 8 nitrogen and oxygen atoms in total. The quantitative estimate of drug-likeness (QED) is 0.457. The van der Waals surface area contributed by atoms with Gasteiger partial charge in [-0.25, -0.2) is 0 Å². The molecule has 0 fully saturated rings. The number of aliphatic hydroxyl groups is 1. The van der Waals surface area contributed by atoms with Crippen LogP contribution in [-0.2, 0) is 6.61 Å². The maximum atomic E-state index is 12.4. The van der Waals surface area contributed by atoms with Gasteiger partial charge < -0.3 is 19.6 Å². The largest absolute Gasteiger partial charge is 0.489 e. The molecule has 0 saturated carbocycles. The molecule has 8 heteroatoms. The number of nitro groups is 1. The summed E-state index contributed by atoms with van der Waals surface area (Å²) in [6, 6.07) is 16.3. The van der Waals surface area contributed by atoms with Crippen LogP contribution in [0.4, 0.5) is 5.69 Å². The first kappa shape index (κ1) is 19.1. The molecule has 0 saturated heterocycles. The lowest BCUT2D eigenvalue weighted by Gasteiger charge is -2.12. The standard InChI is InChI=1S/C20H18N2O6/c23-18(14-6-8-16(9-7-14)22(25)26)12-21-20(24)19-15(10-11-27-19)13-28-17-4-2-1-3-5-17/h1-11,18,23H,12-13H2,(H,21,24)/t18-/m1/s1. The minimum absolute atomic E-state index is 0.0707. The van der Waals surface area contributed by atoms with Crippen molar-refractivity contribution in [1.82, 2.24) is 5.32 Å². The lowest BCUT2D eigenvalue weighted by Crippen LogP contribution is -2.28. The number of amides is 1. The maximum Gasteiger partial charge on any atom is 0.287 e. The highest BCUT2D eigenvalue weighted by Crippen LogP contribution is 2.18. The van der Waals surface area contributed by atoms with Crippen molar-refractivity contribution in [1.29, 1.82) is 0 Å². The number of non-ortho nitro benzene ring substituents is 1. The number of benzene rings is 2. The molecular weight excluding hydrogens is 364 g/mol. The zero-order chi connectivity index (χ0) is 19.9. The lowest BCUT2D eigenvalue weighted by molar-refractivity contribution is -0.384. The van der Waals surface area contributed by atoms with E-state index in [2.05, 4.69) is 5.32 Å². The van der Waals surface area contributed by atoms with Gasteiger partial charge in [0.05, 0.1) is 17.3 Å². The van der Waals surface area contributed by atoms with Crippen molar-refractivity contribution in [2.45, 2.75) is 12.7 Å². The summed E-state index contributed by atoms with van der Waals surface area (Å²) >= 11 is 0. The molecule has 0 aliphatic heterocycles. The Bertz CT molecular complexity index is 937. The van der Waals surface area contributed by atoms with Gasteiger partial charge in [-0.15, -0.1) is 0 Å². The molecular formula is C20H18N2O6. The summed E-state index contributed by atoms with van der Waals surface area (Å²) in [7, 11) is 0. The van der Waals surface area contributed by atoms with Gasteiger partial charge in [-0.3, -0.25) is 14.9 Å². The summed E-state index contributed by atoms with van der Waals surface area (Å²) in [5, 5.41) is 23.4. The Morgan fingerprint density at radius 3 is 2.54 bits per heavy atom. The number of para-hydroxylation sites is 1. The van der Waals surface area contributed by atoms with Crippen molar-refractivity contribution in [2.24, 2.45) is 0 Å². The summed E-state index contributed by atoms with van der Waals surface area (Å²) in [6.07, 6.45) is 0.384. The Morgan fingerprint density at radius 1 is 1.14 bits per heavy atom. The van der Waals surface area contributed by atoms with Crippen LogP contribution in [0.25, 0.3) is 0 Å². The maximum absolute atomic E-state index is 12.4. The molecule has 1 atom stereocenters. The fourth-order valence-electron chi connectivity index (χ4n) is 2.53. The second-order valence-corrected chi connectivity index (χ2v) is 5.95. The number of nitrogens with one attached hydrogen (secondary N) is 1. The molecule has 0 radical (unpaired) electrons. The Morgan fingerprint density at radius 2 is 1.86 bits per heavy atom. The van der Waals surface area contributed by atoms with Gasteiger partial charge >= 0.3 is 0 Å². The first-order valence-electron chi connectivity index (χ1n) is 8.49. The van der Waals surface area contributed by atoms with Crippen LogP contribution in [0.5, 0.6) is 5.75 Å². The first-order chi connectivity index (χ1) is 13.5. The van der Waals surface area contributed by atoms with Crippen molar-refractivity contribution < 1.29 is 24.0 Å². The van der Waals surface area contributed by atoms with Crippen LogP contribution >= 0.6 is 0 Å². The number of aliphatic hydroxyl groups excluding tert-OH is 1. The van der Waals surface area contributed by atoms with Crippen LogP contribution in [0.15, 0.2) is 71.3 Å². The van der Waals surface area contributed by atoms with Crippen molar-refractivity contribution in [3.05, 3.63) is 93.9 Å². The van der Waals surface area contributed by atoms with E-state index in [1.165, 1.54) is 30.5 Å². The summed E-state index contributed by atoms with van der Waals surface area (Å²) in [4.78, 5) is 22.5. The molecule has 0 aliphatic rings. The molecule has 2 N–H and O–H groups in total. The number of rotatable bonds is 8. The molecule has 2 aromatic carbocycles. The topological polar surface area (TPSA) is 115 Å². The minimum Gasteiger partial charge on any atom is -0.489 e. The number of nitrogens with zero attached hydrogens (tertiary/aromatic N) is 1. The number of furan rings is 1. The van der Waals surface area contributed by atoms with Gasteiger partial charge in [0.1, 0.15) is 12.4 Å². The van der Waals surface area contributed by atoms with Crippen LogP contribution in [0, 0.1) is 10.1 Å². The van der Waals surface area contributed by atoms with E-state index in [1.54, 1.807) is 18.2 Å². The third-order valence-corrected chi connectivity index (χ3v) is 4.04. The number of hydrogen-bond donors (Lipinski definition) is 2. The second-order valence-electron chi connectivity index (χ2n) is 5.95. The number of hydrogen-bond acceptors (Lipinski definition) is 6. The average molecular weight is 382 g/mol. The number of carbonyl (C=O) groups is 1. The van der Waals surface area contributed by atoms with Gasteiger partial charge in [0.2, 0.25) is 0 Å². The lowest BCUT2D eigenvalue weighted by atomic mass is 10.1. The first-order valence-corrected chi connectivity index (χ1v) is 8.49. The Hall–Kier alpha value is -3.65. The van der Waals surface area contributed by atoms with Crippen molar-refractivity contribution in [3.63, 3.8) is 0 Å². The third-order valence-electron chi connectivity index (χ3n) is 4.04. The van der Waals surface area contributed by atoms with E-state index in [1.807, 2.05) is 18.2 Å². The molecule has 3 aromatic rings. The summed E-state index contributed by atoms with van der Waals surface area (Å²) < 4.78 is 10.9. The zero-order valence-electron chi connectivity index (χ0n) is 14.8. The third kappa shape index (κ3) is 4.74. The molecule has 144 valence electrons. The highest BCUT2D eigenvalue weighted by molar-refractivity contribution is 5.92. The van der Waals surface area contributed by atoms with E-state index in [0.717, 1.165) is 0 Å². The minimum atomic E-state index is -1.01. The van der Waals surface area contributed by atoms with Crippen LogP contribution in [0.1, 0.15) is 27.8 Å². The average Bonchev–Trinajstić information content (AvgIpc) is 3.20. The van der Waals surface area contributed by atoms with Gasteiger partial charge in [0.15, 0.2) is 5.76 Å². The van der Waals surface area contributed by atoms with Crippen LogP contribution in [-0.4, -0.2) is 22.5 Å². The number of nitro benzene ring substituents is 1. The van der Waals surface area contributed by atoms with Gasteiger partial charge in [-0.2, -0.15) is 0 Å². The fourth-order valence-corrected chi connectivity index (χ4v) is 2.53. The van der Waals surface area contributed by atoms with Crippen LogP contribution in [0.3, 0.4) is 0 Å². The Kier molecular flexibility index (Phi) is 6.03. The fraction of sp³-hybridized carbons (Fsp3) is 0.150. The van der Waals surface area contributed by atoms with Gasteiger partial charge in [0.25, 0.3) is 11.6 Å². The molecule has 3 rings (SSSR count). The molecule has 1 amide bonds. The molecule has 0 unspecified atom stereocenters. The number of carbonyl (C=O) groups excluding carboxylic acids is 1. The van der Waals surface area contributed by atoms with E-state index in [9.17, 15) is 20.0 Å². The Balaban J connectivity index is 1.56. The van der Waals surface area contributed by atoms with Crippen LogP contribution < -0.4 is 10.1 Å². The molecule has 0 bridgehead atoms. The van der Waals surface area contributed by atoms with Crippen molar-refractivity contribution in [3.8, 4) is 5.75 Å². The second kappa shape index (κ2) is 8.83. The van der Waals surface area contributed by atoms with Crippen LogP contribution in [0.2, 0.25) is 0 Å². The molecule has 1 aromatic heterocycles. The highest BCUT2D eigenvalue weighted by Gasteiger charge is 2.18. The van der Waals surface area contributed by atoms with Crippen molar-refractivity contribution in [2.75, 3.05) is 6.54 Å². The van der Waals surface area contributed by atoms with E-state index < -0.39 is 16.9 Å². The van der Waals surface area contributed by atoms with Gasteiger partial charge in [0, 0.05) is 24.2 Å². The predicted octanol–water partition coefficient (Wildman–Crippen LogP) is 3.23. The Labute approximate surface area is 160 Å². The van der Waals surface area contributed by atoms with E-state index >= 15 is 0 Å². The zero-order valence-corrected chi connectivity index (χ0v) is 14.8. The SMILES string of the molecule is O=C(NC[C@@H](O)c1ccc([N+](=O)[O-])cc1)c1occc1COc1ccccc1. The van der Waals surface area contributed by atoms with E-state index in [0.29, 0.717) is 16.9 Å². The van der Waals surface area contributed by atoms with E-state index in [4.69, 9.17) is 9.15 Å². The predicted molar refractivity (Wildman–Crippen MR) is 99.9 cm³/mol. The van der Waals surface area contributed by atoms with E-state index in [-0.39, 0.29) is 24.6 Å². The number of ether oxygens (including phenoxy) is 1. The molecule has 0 aliphatic carbocycles. The monoisotopic (exact) mass is 382 g/mol.